The summed E-state index contributed by atoms with van der Waals surface area (Å²) >= 11 is 0. The van der Waals surface area contributed by atoms with E-state index in [1.54, 1.807) is 0 Å². The maximum Gasteiger partial charge on any atom is 0.250 e. The summed E-state index contributed by atoms with van der Waals surface area (Å²) in [6, 6.07) is 4.30. The number of ether oxygens (including phenoxy) is 1. The SMILES string of the molecule is CCCOCC(=O)Nc1ccc(F)c(CN)c1. The van der Waals surface area contributed by atoms with E-state index in [0.29, 0.717) is 17.9 Å². The van der Waals surface area contributed by atoms with Crippen LogP contribution < -0.4 is 11.1 Å². The molecule has 0 aliphatic rings. The average molecular weight is 240 g/mol. The number of carbonyl (C=O) groups is 1. The van der Waals surface area contributed by atoms with Gasteiger partial charge in [0.15, 0.2) is 0 Å². The summed E-state index contributed by atoms with van der Waals surface area (Å²) in [4.78, 5) is 11.4. The Morgan fingerprint density at radius 2 is 2.29 bits per heavy atom. The van der Waals surface area contributed by atoms with E-state index in [-0.39, 0.29) is 24.9 Å². The highest BCUT2D eigenvalue weighted by Crippen LogP contribution is 2.14. The fraction of sp³-hybridized carbons (Fsp3) is 0.417. The molecule has 0 bridgehead atoms. The van der Waals surface area contributed by atoms with E-state index in [2.05, 4.69) is 5.32 Å². The molecule has 5 heteroatoms. The largest absolute Gasteiger partial charge is 0.372 e. The first-order valence-corrected chi connectivity index (χ1v) is 5.53. The lowest BCUT2D eigenvalue weighted by atomic mass is 10.2. The molecule has 4 nitrogen and oxygen atoms in total. The Morgan fingerprint density at radius 1 is 1.53 bits per heavy atom. The lowest BCUT2D eigenvalue weighted by Gasteiger charge is -2.07. The second-order valence-electron chi connectivity index (χ2n) is 3.61. The van der Waals surface area contributed by atoms with E-state index in [4.69, 9.17) is 10.5 Å². The van der Waals surface area contributed by atoms with Crippen LogP contribution in [-0.2, 0) is 16.1 Å². The first-order valence-electron chi connectivity index (χ1n) is 5.53. The number of amides is 1. The Balaban J connectivity index is 2.53. The Morgan fingerprint density at radius 3 is 2.94 bits per heavy atom. The molecule has 1 aromatic carbocycles. The zero-order valence-corrected chi connectivity index (χ0v) is 9.83. The number of rotatable bonds is 6. The molecule has 0 saturated heterocycles. The third-order valence-electron chi connectivity index (χ3n) is 2.13. The number of hydrogen-bond acceptors (Lipinski definition) is 3. The topological polar surface area (TPSA) is 64.3 Å². The molecule has 17 heavy (non-hydrogen) atoms. The van der Waals surface area contributed by atoms with E-state index in [1.807, 2.05) is 6.92 Å². The monoisotopic (exact) mass is 240 g/mol. The van der Waals surface area contributed by atoms with Crippen molar-refractivity contribution in [1.29, 1.82) is 0 Å². The summed E-state index contributed by atoms with van der Waals surface area (Å²) < 4.78 is 18.2. The summed E-state index contributed by atoms with van der Waals surface area (Å²) in [6.45, 7) is 2.61. The van der Waals surface area contributed by atoms with Crippen LogP contribution in [0, 0.1) is 5.82 Å². The third-order valence-corrected chi connectivity index (χ3v) is 2.13. The lowest BCUT2D eigenvalue weighted by molar-refractivity contribution is -0.120. The molecule has 0 saturated carbocycles. The molecule has 1 amide bonds. The highest BCUT2D eigenvalue weighted by atomic mass is 19.1. The van der Waals surface area contributed by atoms with Gasteiger partial charge in [-0.25, -0.2) is 4.39 Å². The summed E-state index contributed by atoms with van der Waals surface area (Å²) in [5, 5.41) is 2.62. The van der Waals surface area contributed by atoms with E-state index < -0.39 is 0 Å². The van der Waals surface area contributed by atoms with Gasteiger partial charge < -0.3 is 15.8 Å². The number of anilines is 1. The number of nitrogens with two attached hydrogens (primary N) is 1. The number of carbonyl (C=O) groups excluding carboxylic acids is 1. The smallest absolute Gasteiger partial charge is 0.250 e. The molecule has 0 aliphatic heterocycles. The fourth-order valence-electron chi connectivity index (χ4n) is 1.32. The third kappa shape index (κ3) is 4.50. The molecule has 0 aromatic heterocycles. The molecule has 0 radical (unpaired) electrons. The Labute approximate surface area is 100.0 Å². The summed E-state index contributed by atoms with van der Waals surface area (Å²) in [5.41, 5.74) is 6.27. The van der Waals surface area contributed by atoms with E-state index in [0.717, 1.165) is 6.42 Å². The molecule has 0 heterocycles. The molecule has 3 N–H and O–H groups in total. The number of halogens is 1. The van der Waals surface area contributed by atoms with Crippen LogP contribution in [0.3, 0.4) is 0 Å². The van der Waals surface area contributed by atoms with Crippen LogP contribution in [0.1, 0.15) is 18.9 Å². The minimum Gasteiger partial charge on any atom is -0.372 e. The zero-order chi connectivity index (χ0) is 12.7. The number of benzene rings is 1. The number of nitrogens with one attached hydrogen (secondary N) is 1. The first kappa shape index (κ1) is 13.6. The van der Waals surface area contributed by atoms with Crippen molar-refractivity contribution in [1.82, 2.24) is 0 Å². The minimum absolute atomic E-state index is 0.00315. The van der Waals surface area contributed by atoms with Crippen molar-refractivity contribution in [2.75, 3.05) is 18.5 Å². The van der Waals surface area contributed by atoms with Crippen molar-refractivity contribution in [3.63, 3.8) is 0 Å². The van der Waals surface area contributed by atoms with E-state index in [1.165, 1.54) is 18.2 Å². The second kappa shape index (κ2) is 6.98. The van der Waals surface area contributed by atoms with Gasteiger partial charge in [0.25, 0.3) is 0 Å². The van der Waals surface area contributed by atoms with Gasteiger partial charge in [-0.15, -0.1) is 0 Å². The minimum atomic E-state index is -0.368. The molecule has 0 aliphatic carbocycles. The zero-order valence-electron chi connectivity index (χ0n) is 9.83. The van der Waals surface area contributed by atoms with Crippen LogP contribution in [0.5, 0.6) is 0 Å². The standard InChI is InChI=1S/C12H17FN2O2/c1-2-5-17-8-12(16)15-10-3-4-11(13)9(6-10)7-14/h3-4,6H,2,5,7-8,14H2,1H3,(H,15,16). The van der Waals surface area contributed by atoms with Crippen molar-refractivity contribution in [2.24, 2.45) is 5.73 Å². The molecule has 94 valence electrons. The van der Waals surface area contributed by atoms with Crippen molar-refractivity contribution in [3.8, 4) is 0 Å². The van der Waals surface area contributed by atoms with Gasteiger partial charge in [0.2, 0.25) is 5.91 Å². The summed E-state index contributed by atoms with van der Waals surface area (Å²) in [7, 11) is 0. The van der Waals surface area contributed by atoms with Gasteiger partial charge in [-0.05, 0) is 24.6 Å². The molecule has 0 spiro atoms. The molecule has 0 fully saturated rings. The van der Waals surface area contributed by atoms with E-state index >= 15 is 0 Å². The highest BCUT2D eigenvalue weighted by Gasteiger charge is 2.05. The first-order chi connectivity index (χ1) is 8.17. The van der Waals surface area contributed by atoms with Gasteiger partial charge in [-0.3, -0.25) is 4.79 Å². The maximum atomic E-state index is 13.1. The molecular formula is C12H17FN2O2. The van der Waals surface area contributed by atoms with Crippen molar-refractivity contribution in [3.05, 3.63) is 29.6 Å². The van der Waals surface area contributed by atoms with Crippen LogP contribution in [0.4, 0.5) is 10.1 Å². The van der Waals surface area contributed by atoms with Gasteiger partial charge in [-0.1, -0.05) is 6.92 Å². The Kier molecular flexibility index (Phi) is 5.59. The molecule has 1 aromatic rings. The van der Waals surface area contributed by atoms with Crippen LogP contribution in [0.15, 0.2) is 18.2 Å². The normalized spacial score (nSPS) is 10.3. The molecule has 1 rings (SSSR count). The average Bonchev–Trinajstić information content (AvgIpc) is 2.32. The van der Waals surface area contributed by atoms with E-state index in [9.17, 15) is 9.18 Å². The van der Waals surface area contributed by atoms with Crippen LogP contribution in [-0.4, -0.2) is 19.1 Å². The molecular weight excluding hydrogens is 223 g/mol. The maximum absolute atomic E-state index is 13.1. The van der Waals surface area contributed by atoms with Crippen molar-refractivity contribution >= 4 is 11.6 Å². The van der Waals surface area contributed by atoms with Crippen molar-refractivity contribution in [2.45, 2.75) is 19.9 Å². The van der Waals surface area contributed by atoms with Crippen LogP contribution >= 0.6 is 0 Å². The summed E-state index contributed by atoms with van der Waals surface area (Å²) in [5.74, 6) is -0.624. The van der Waals surface area contributed by atoms with Gasteiger partial charge >= 0.3 is 0 Å². The number of hydrogen-bond donors (Lipinski definition) is 2. The van der Waals surface area contributed by atoms with Gasteiger partial charge in [0.05, 0.1) is 0 Å². The van der Waals surface area contributed by atoms with Crippen molar-refractivity contribution < 1.29 is 13.9 Å². The van der Waals surface area contributed by atoms with Gasteiger partial charge in [-0.2, -0.15) is 0 Å². The van der Waals surface area contributed by atoms with Gasteiger partial charge in [0, 0.05) is 24.4 Å². The summed E-state index contributed by atoms with van der Waals surface area (Å²) in [6.07, 6.45) is 0.862. The highest BCUT2D eigenvalue weighted by molar-refractivity contribution is 5.91. The lowest BCUT2D eigenvalue weighted by Crippen LogP contribution is -2.18. The fourth-order valence-corrected chi connectivity index (χ4v) is 1.32. The van der Waals surface area contributed by atoms with Crippen LogP contribution in [0.2, 0.25) is 0 Å². The van der Waals surface area contributed by atoms with Crippen LogP contribution in [0.25, 0.3) is 0 Å². The molecule has 0 unspecified atom stereocenters. The second-order valence-corrected chi connectivity index (χ2v) is 3.61. The van der Waals surface area contributed by atoms with Gasteiger partial charge in [0.1, 0.15) is 12.4 Å². The quantitative estimate of drug-likeness (QED) is 0.743. The Bertz CT molecular complexity index is 383. The molecule has 0 atom stereocenters. The predicted octanol–water partition coefficient (Wildman–Crippen LogP) is 1.65. The predicted molar refractivity (Wildman–Crippen MR) is 64.0 cm³/mol. The Hall–Kier alpha value is -1.46.